The van der Waals surface area contributed by atoms with Gasteiger partial charge in [-0.25, -0.2) is 4.98 Å². The molecular formula is C11H14N2O3S. The maximum absolute atomic E-state index is 11.4. The van der Waals surface area contributed by atoms with E-state index < -0.39 is 0 Å². The van der Waals surface area contributed by atoms with Gasteiger partial charge in [0.05, 0.1) is 19.2 Å². The molecule has 0 aliphatic heterocycles. The van der Waals surface area contributed by atoms with Crippen LogP contribution in [0.2, 0.25) is 0 Å². The highest BCUT2D eigenvalue weighted by Crippen LogP contribution is 2.16. The number of thiazole rings is 1. The van der Waals surface area contributed by atoms with Crippen molar-refractivity contribution in [2.75, 3.05) is 12.4 Å². The van der Waals surface area contributed by atoms with E-state index in [4.69, 9.17) is 0 Å². The first kappa shape index (κ1) is 13.4. The predicted octanol–water partition coefficient (Wildman–Crippen LogP) is 1.76. The first-order chi connectivity index (χ1) is 8.15. The minimum Gasteiger partial charge on any atom is -0.469 e. The zero-order chi connectivity index (χ0) is 12.7. The second-order valence-corrected chi connectivity index (χ2v) is 4.13. The number of nitrogens with one attached hydrogen (secondary N) is 1. The Morgan fingerprint density at radius 3 is 3.06 bits per heavy atom. The van der Waals surface area contributed by atoms with Gasteiger partial charge in [0.15, 0.2) is 5.13 Å². The van der Waals surface area contributed by atoms with E-state index in [1.807, 2.05) is 0 Å². The van der Waals surface area contributed by atoms with Gasteiger partial charge >= 0.3 is 5.97 Å². The van der Waals surface area contributed by atoms with Gasteiger partial charge in [0.2, 0.25) is 5.91 Å². The number of anilines is 1. The van der Waals surface area contributed by atoms with Gasteiger partial charge in [-0.1, -0.05) is 6.08 Å². The van der Waals surface area contributed by atoms with Crippen LogP contribution in [0.1, 0.15) is 18.5 Å². The van der Waals surface area contributed by atoms with E-state index in [-0.39, 0.29) is 18.3 Å². The summed E-state index contributed by atoms with van der Waals surface area (Å²) in [5, 5.41) is 4.88. The van der Waals surface area contributed by atoms with Crippen molar-refractivity contribution in [2.24, 2.45) is 0 Å². The van der Waals surface area contributed by atoms with Gasteiger partial charge in [0, 0.05) is 11.8 Å². The van der Waals surface area contributed by atoms with Crippen LogP contribution >= 0.6 is 11.3 Å². The molecule has 1 amide bonds. The largest absolute Gasteiger partial charge is 0.469 e. The Morgan fingerprint density at radius 1 is 1.65 bits per heavy atom. The summed E-state index contributed by atoms with van der Waals surface area (Å²) in [6.07, 6.45) is 2.82. The standard InChI is InChI=1S/C11H14N2O3S/c1-3-4-5-9(14)13-11-12-8(7-17-11)6-10(15)16-2/h3,7H,1,4-6H2,2H3,(H,12,13,14). The molecule has 0 unspecified atom stereocenters. The molecule has 0 saturated carbocycles. The summed E-state index contributed by atoms with van der Waals surface area (Å²) in [5.74, 6) is -0.455. The van der Waals surface area contributed by atoms with Crippen molar-refractivity contribution in [1.82, 2.24) is 4.98 Å². The third-order valence-electron chi connectivity index (χ3n) is 1.93. The fraction of sp³-hybridized carbons (Fsp3) is 0.364. The van der Waals surface area contributed by atoms with E-state index in [2.05, 4.69) is 21.6 Å². The first-order valence-corrected chi connectivity index (χ1v) is 5.95. The Morgan fingerprint density at radius 2 is 2.41 bits per heavy atom. The van der Waals surface area contributed by atoms with Crippen LogP contribution in [-0.2, 0) is 20.7 Å². The molecule has 0 fully saturated rings. The summed E-state index contributed by atoms with van der Waals surface area (Å²) in [6, 6.07) is 0. The molecule has 5 nitrogen and oxygen atoms in total. The van der Waals surface area contributed by atoms with Crippen molar-refractivity contribution in [3.8, 4) is 0 Å². The van der Waals surface area contributed by atoms with Crippen LogP contribution in [-0.4, -0.2) is 24.0 Å². The number of methoxy groups -OCH3 is 1. The summed E-state index contributed by atoms with van der Waals surface area (Å²) in [5.41, 5.74) is 0.598. The number of ether oxygens (including phenoxy) is 1. The number of carbonyl (C=O) groups is 2. The predicted molar refractivity (Wildman–Crippen MR) is 65.9 cm³/mol. The van der Waals surface area contributed by atoms with Gasteiger partial charge in [0.25, 0.3) is 0 Å². The van der Waals surface area contributed by atoms with E-state index in [1.54, 1.807) is 11.5 Å². The third-order valence-corrected chi connectivity index (χ3v) is 2.73. The molecular weight excluding hydrogens is 240 g/mol. The number of hydrogen-bond acceptors (Lipinski definition) is 5. The van der Waals surface area contributed by atoms with Gasteiger partial charge < -0.3 is 10.1 Å². The smallest absolute Gasteiger partial charge is 0.311 e. The molecule has 92 valence electrons. The molecule has 1 heterocycles. The van der Waals surface area contributed by atoms with E-state index in [0.29, 0.717) is 23.7 Å². The quantitative estimate of drug-likeness (QED) is 0.620. The zero-order valence-electron chi connectivity index (χ0n) is 9.56. The second kappa shape index (κ2) is 6.80. The third kappa shape index (κ3) is 4.78. The number of esters is 1. The summed E-state index contributed by atoms with van der Waals surface area (Å²) < 4.78 is 4.52. The van der Waals surface area contributed by atoms with Crippen molar-refractivity contribution >= 4 is 28.3 Å². The van der Waals surface area contributed by atoms with Gasteiger partial charge in [0.1, 0.15) is 0 Å². The van der Waals surface area contributed by atoms with Gasteiger partial charge in [-0.05, 0) is 6.42 Å². The molecule has 0 spiro atoms. The number of carbonyl (C=O) groups excluding carboxylic acids is 2. The zero-order valence-corrected chi connectivity index (χ0v) is 10.4. The second-order valence-electron chi connectivity index (χ2n) is 3.27. The van der Waals surface area contributed by atoms with Crippen molar-refractivity contribution in [2.45, 2.75) is 19.3 Å². The van der Waals surface area contributed by atoms with E-state index in [0.717, 1.165) is 0 Å². The average molecular weight is 254 g/mol. The molecule has 1 N–H and O–H groups in total. The Balaban J connectivity index is 2.47. The lowest BCUT2D eigenvalue weighted by Crippen LogP contribution is -2.11. The van der Waals surface area contributed by atoms with Crippen molar-refractivity contribution < 1.29 is 14.3 Å². The van der Waals surface area contributed by atoms with Gasteiger partial charge in [-0.2, -0.15) is 0 Å². The van der Waals surface area contributed by atoms with Crippen LogP contribution in [0.25, 0.3) is 0 Å². The lowest BCUT2D eigenvalue weighted by atomic mass is 10.3. The molecule has 0 saturated heterocycles. The Kier molecular flexibility index (Phi) is 5.35. The number of amides is 1. The van der Waals surface area contributed by atoms with Crippen LogP contribution < -0.4 is 5.32 Å². The van der Waals surface area contributed by atoms with Crippen molar-refractivity contribution in [3.05, 3.63) is 23.7 Å². The molecule has 0 aliphatic carbocycles. The van der Waals surface area contributed by atoms with Crippen LogP contribution in [0.15, 0.2) is 18.0 Å². The molecule has 17 heavy (non-hydrogen) atoms. The fourth-order valence-electron chi connectivity index (χ4n) is 1.08. The molecule has 0 bridgehead atoms. The molecule has 0 atom stereocenters. The molecule has 0 aliphatic rings. The number of aromatic nitrogens is 1. The van der Waals surface area contributed by atoms with Crippen molar-refractivity contribution in [3.63, 3.8) is 0 Å². The van der Waals surface area contributed by atoms with Crippen molar-refractivity contribution in [1.29, 1.82) is 0 Å². The average Bonchev–Trinajstić information content (AvgIpc) is 2.73. The van der Waals surface area contributed by atoms with E-state index >= 15 is 0 Å². The molecule has 0 radical (unpaired) electrons. The highest BCUT2D eigenvalue weighted by Gasteiger charge is 2.09. The molecule has 1 rings (SSSR count). The van der Waals surface area contributed by atoms with Crippen LogP contribution in [0, 0.1) is 0 Å². The highest BCUT2D eigenvalue weighted by atomic mass is 32.1. The van der Waals surface area contributed by atoms with Gasteiger partial charge in [-0.15, -0.1) is 17.9 Å². The highest BCUT2D eigenvalue weighted by molar-refractivity contribution is 7.13. The summed E-state index contributed by atoms with van der Waals surface area (Å²) in [7, 11) is 1.33. The van der Waals surface area contributed by atoms with Crippen LogP contribution in [0.3, 0.4) is 0 Å². The lowest BCUT2D eigenvalue weighted by molar-refractivity contribution is -0.139. The number of allylic oxidation sites excluding steroid dienone is 1. The normalized spacial score (nSPS) is 9.71. The molecule has 1 aromatic rings. The minimum atomic E-state index is -0.347. The van der Waals surface area contributed by atoms with Gasteiger partial charge in [-0.3, -0.25) is 9.59 Å². The molecule has 6 heteroatoms. The maximum atomic E-state index is 11.4. The summed E-state index contributed by atoms with van der Waals surface area (Å²) in [4.78, 5) is 26.5. The first-order valence-electron chi connectivity index (χ1n) is 5.07. The Hall–Kier alpha value is -1.69. The lowest BCUT2D eigenvalue weighted by Gasteiger charge is -1.98. The monoisotopic (exact) mass is 254 g/mol. The summed E-state index contributed by atoms with van der Waals surface area (Å²) in [6.45, 7) is 3.54. The topological polar surface area (TPSA) is 68.3 Å². The maximum Gasteiger partial charge on any atom is 0.311 e. The SMILES string of the molecule is C=CCCC(=O)Nc1nc(CC(=O)OC)cs1. The summed E-state index contributed by atoms with van der Waals surface area (Å²) >= 11 is 1.29. The number of rotatable bonds is 6. The van der Waals surface area contributed by atoms with Crippen LogP contribution in [0.4, 0.5) is 5.13 Å². The molecule has 0 aromatic carbocycles. The number of nitrogens with zero attached hydrogens (tertiary/aromatic N) is 1. The van der Waals surface area contributed by atoms with E-state index in [9.17, 15) is 9.59 Å². The Labute approximate surface area is 104 Å². The number of hydrogen-bond donors (Lipinski definition) is 1. The van der Waals surface area contributed by atoms with E-state index in [1.165, 1.54) is 18.4 Å². The molecule has 1 aromatic heterocycles. The van der Waals surface area contributed by atoms with Crippen LogP contribution in [0.5, 0.6) is 0 Å². The Bertz CT molecular complexity index is 415. The minimum absolute atomic E-state index is 0.108. The fourth-order valence-corrected chi connectivity index (χ4v) is 1.81.